The summed E-state index contributed by atoms with van der Waals surface area (Å²) in [6.07, 6.45) is 0. The molecule has 23 valence electrons. The average molecular weight is 367 g/mol. The molecule has 0 aromatic heterocycles. The molecule has 4 radical (unpaired) electrons. The average Bonchev–Trinajstić information content (AvgIpc) is 1.00. The number of hydrogen-bond acceptors (Lipinski definition) is 1. The fourth-order valence-corrected chi connectivity index (χ4v) is 0. The standard InChI is InChI=1S/Au.Ge.S.Zn. The minimum atomic E-state index is 0. The van der Waals surface area contributed by atoms with E-state index in [1.807, 2.05) is 19.2 Å². The summed E-state index contributed by atoms with van der Waals surface area (Å²) in [5, 5.41) is 0. The summed E-state index contributed by atoms with van der Waals surface area (Å²) in [7, 11) is 4.03. The molecule has 0 bridgehead atoms. The van der Waals surface area contributed by atoms with Crippen molar-refractivity contribution in [3.8, 4) is 0 Å². The summed E-state index contributed by atoms with van der Waals surface area (Å²) >= 11 is 1.86. The van der Waals surface area contributed by atoms with Crippen LogP contribution < -0.4 is 0 Å². The Bertz CT molecular complexity index is 8.00. The molecule has 0 aliphatic rings. The maximum Gasteiger partial charge on any atom is 0 e. The fourth-order valence-electron chi connectivity index (χ4n) is 0. The van der Waals surface area contributed by atoms with Crippen LogP contribution in [0.3, 0.4) is 0 Å². The van der Waals surface area contributed by atoms with Crippen LogP contribution in [-0.4, -0.2) is 17.6 Å². The third-order valence-corrected chi connectivity index (χ3v) is 0. The Morgan fingerprint density at radius 2 is 1.25 bits per heavy atom. The normalized spacial score (nSPS) is 1.50. The second-order valence-electron chi connectivity index (χ2n) is 0. The Balaban J connectivity index is -0.00000000500. The van der Waals surface area contributed by atoms with E-state index in [-0.39, 0.29) is 37.1 Å². The van der Waals surface area contributed by atoms with Crippen molar-refractivity contribution in [2.24, 2.45) is 0 Å². The van der Waals surface area contributed by atoms with Crippen LogP contribution in [-0.2, 0) is 38.7 Å². The van der Waals surface area contributed by atoms with Gasteiger partial charge in [0.05, 0.1) is 0 Å². The molecule has 0 fully saturated rings. The van der Waals surface area contributed by atoms with Crippen molar-refractivity contribution in [3.05, 3.63) is 0 Å². The Morgan fingerprint density at radius 3 is 1.25 bits per heavy atom. The second-order valence-corrected chi connectivity index (χ2v) is 0. The zero-order chi connectivity index (χ0) is 2.00. The van der Waals surface area contributed by atoms with Gasteiger partial charge in [0.15, 0.2) is 0 Å². The largest absolute Gasteiger partial charge is 0 e. The Morgan fingerprint density at radius 1 is 1.25 bits per heavy atom. The molecule has 0 saturated heterocycles. The summed E-state index contributed by atoms with van der Waals surface area (Å²) in [6, 6.07) is 0. The molecule has 0 aliphatic carbocycles. The van der Waals surface area contributed by atoms with Crippen molar-refractivity contribution < 1.29 is 38.7 Å². The minimum Gasteiger partial charge on any atom is 0 e. The molecule has 0 amide bonds. The van der Waals surface area contributed by atoms with Gasteiger partial charge in [0.25, 0.3) is 0 Å². The molecule has 0 atom stereocenters. The predicted octanol–water partition coefficient (Wildman–Crippen LogP) is 0.262. The molecule has 0 N–H and O–H groups in total. The van der Waals surface area contributed by atoms with Gasteiger partial charge >= 0.3 is 28.8 Å². The van der Waals surface area contributed by atoms with Gasteiger partial charge < -0.3 is 0 Å². The molecule has 4 heavy (non-hydrogen) atoms. The van der Waals surface area contributed by atoms with Crippen LogP contribution in [0.2, 0.25) is 0 Å². The molecular formula is AuGeSZn. The minimum absolute atomic E-state index is 0. The van der Waals surface area contributed by atoms with Gasteiger partial charge in [-0.1, -0.05) is 0 Å². The smallest absolute Gasteiger partial charge is 0 e. The van der Waals surface area contributed by atoms with Crippen molar-refractivity contribution in [1.82, 2.24) is 0 Å². The monoisotopic (exact) mass is 367 g/mol. The molecular weight excluding hydrogens is 367 g/mol. The van der Waals surface area contributed by atoms with Crippen LogP contribution in [0, 0.1) is 0 Å². The van der Waals surface area contributed by atoms with Crippen molar-refractivity contribution >= 4 is 27.2 Å². The maximum atomic E-state index is 4.03. The Hall–Kier alpha value is 2.13. The van der Waals surface area contributed by atoms with E-state index >= 15 is 0 Å². The topological polar surface area (TPSA) is 0 Å². The van der Waals surface area contributed by atoms with Gasteiger partial charge in [0, 0.05) is 37.1 Å². The predicted molar refractivity (Wildman–Crippen MR) is 13.3 cm³/mol. The van der Waals surface area contributed by atoms with Gasteiger partial charge in [0.1, 0.15) is 0 Å². The van der Waals surface area contributed by atoms with E-state index in [1.54, 1.807) is 0 Å². The van der Waals surface area contributed by atoms with Gasteiger partial charge in [-0.3, -0.25) is 0 Å². The fraction of sp³-hybridized carbons (Fsp3) is 0. The quantitative estimate of drug-likeness (QED) is 0.554. The third-order valence-electron chi connectivity index (χ3n) is 0. The molecule has 0 aromatic rings. The Kier molecular flexibility index (Phi) is 79.5. The first-order chi connectivity index (χ1) is 1.00. The summed E-state index contributed by atoms with van der Waals surface area (Å²) in [4.78, 5) is 0. The first kappa shape index (κ1) is 16.5. The van der Waals surface area contributed by atoms with Crippen LogP contribution in [0.15, 0.2) is 0 Å². The second kappa shape index (κ2) is 19.3. The molecule has 0 rings (SSSR count). The van der Waals surface area contributed by atoms with Gasteiger partial charge in [-0.25, -0.2) is 0 Å². The maximum absolute atomic E-state index is 4.03. The summed E-state index contributed by atoms with van der Waals surface area (Å²) < 4.78 is 0. The van der Waals surface area contributed by atoms with E-state index in [2.05, 4.69) is 9.58 Å². The van der Waals surface area contributed by atoms with Crippen LogP contribution in [0.4, 0.5) is 0 Å². The van der Waals surface area contributed by atoms with Gasteiger partial charge in [-0.05, 0) is 0 Å². The van der Waals surface area contributed by atoms with Gasteiger partial charge in [-0.15, -0.1) is 0 Å². The zero-order valence-electron chi connectivity index (χ0n) is 1.92. The number of rotatable bonds is 0. The van der Waals surface area contributed by atoms with E-state index < -0.39 is 0 Å². The summed E-state index contributed by atoms with van der Waals surface area (Å²) in [5.41, 5.74) is 0. The number of hydrogen-bond donors (Lipinski definition) is 0. The van der Waals surface area contributed by atoms with Crippen LogP contribution in [0.1, 0.15) is 0 Å². The van der Waals surface area contributed by atoms with E-state index in [4.69, 9.17) is 0 Å². The van der Waals surface area contributed by atoms with E-state index in [9.17, 15) is 0 Å². The zero-order valence-corrected chi connectivity index (χ0v) is 9.97. The van der Waals surface area contributed by atoms with Crippen LogP contribution in [0.5, 0.6) is 0 Å². The molecule has 0 nitrogen and oxygen atoms in total. The van der Waals surface area contributed by atoms with Crippen molar-refractivity contribution in [2.45, 2.75) is 0 Å². The summed E-state index contributed by atoms with van der Waals surface area (Å²) in [5.74, 6) is 0. The molecule has 0 heterocycles. The Labute approximate surface area is 65.1 Å². The van der Waals surface area contributed by atoms with E-state index in [0.29, 0.717) is 0 Å². The van der Waals surface area contributed by atoms with Crippen molar-refractivity contribution in [1.29, 1.82) is 0 Å². The summed E-state index contributed by atoms with van der Waals surface area (Å²) in [6.45, 7) is 0. The molecule has 0 unspecified atom stereocenters. The van der Waals surface area contributed by atoms with Crippen LogP contribution >= 0.6 is 9.58 Å². The SMILES string of the molecule is [Ge].[S]=[Au].[Zn]. The van der Waals surface area contributed by atoms with Crippen molar-refractivity contribution in [3.63, 3.8) is 0 Å². The van der Waals surface area contributed by atoms with E-state index in [1.165, 1.54) is 0 Å². The molecule has 0 spiro atoms. The van der Waals surface area contributed by atoms with Gasteiger partial charge in [-0.2, -0.15) is 0 Å². The molecule has 0 aromatic carbocycles. The molecule has 0 saturated carbocycles. The van der Waals surface area contributed by atoms with E-state index in [0.717, 1.165) is 0 Å². The molecule has 4 heteroatoms. The van der Waals surface area contributed by atoms with Gasteiger partial charge in [0.2, 0.25) is 0 Å². The third kappa shape index (κ3) is 8.92. The first-order valence-electron chi connectivity index (χ1n) is 0.123. The molecule has 0 aliphatic heterocycles. The van der Waals surface area contributed by atoms with Crippen molar-refractivity contribution in [2.75, 3.05) is 0 Å². The van der Waals surface area contributed by atoms with Crippen LogP contribution in [0.25, 0.3) is 0 Å². The first-order valence-corrected chi connectivity index (χ1v) is 3.02.